The summed E-state index contributed by atoms with van der Waals surface area (Å²) in [6, 6.07) is 40.9. The lowest BCUT2D eigenvalue weighted by molar-refractivity contribution is 0.112. The van der Waals surface area contributed by atoms with Gasteiger partial charge in [0.15, 0.2) is 6.29 Å². The number of rotatable bonds is 9. The van der Waals surface area contributed by atoms with Gasteiger partial charge in [0.25, 0.3) is 0 Å². The molecular formula is C36H31N5O3. The van der Waals surface area contributed by atoms with E-state index in [4.69, 9.17) is 9.84 Å². The number of anilines is 1. The van der Waals surface area contributed by atoms with Crippen molar-refractivity contribution in [2.45, 2.75) is 18.5 Å². The van der Waals surface area contributed by atoms with Gasteiger partial charge in [-0.15, -0.1) is 5.10 Å². The van der Waals surface area contributed by atoms with E-state index in [9.17, 15) is 9.59 Å². The molecule has 8 heteroatoms. The first-order valence-corrected chi connectivity index (χ1v) is 14.3. The average molecular weight is 582 g/mol. The normalized spacial score (nSPS) is 12.0. The van der Waals surface area contributed by atoms with Crippen LogP contribution in [-0.4, -0.2) is 34.2 Å². The fourth-order valence-electron chi connectivity index (χ4n) is 5.76. The number of ether oxygens (including phenoxy) is 1. The second-order valence-corrected chi connectivity index (χ2v) is 10.4. The largest absolute Gasteiger partial charge is 0.479 e. The molecule has 8 nitrogen and oxygen atoms in total. The molecule has 2 amide bonds. The zero-order valence-electron chi connectivity index (χ0n) is 24.3. The zero-order valence-corrected chi connectivity index (χ0v) is 24.3. The van der Waals surface area contributed by atoms with E-state index in [-0.39, 0.29) is 23.4 Å². The van der Waals surface area contributed by atoms with E-state index >= 15 is 0 Å². The van der Waals surface area contributed by atoms with Crippen LogP contribution < -0.4 is 15.4 Å². The van der Waals surface area contributed by atoms with E-state index in [2.05, 4.69) is 52.0 Å². The Balaban J connectivity index is 1.58. The number of amides is 2. The summed E-state index contributed by atoms with van der Waals surface area (Å²) < 4.78 is 7.61. The lowest BCUT2D eigenvalue weighted by Crippen LogP contribution is -2.38. The van der Waals surface area contributed by atoms with E-state index < -0.39 is 11.6 Å². The Bertz CT molecular complexity index is 1800. The maximum absolute atomic E-state index is 13.1. The number of hydrogen-bond acceptors (Lipinski definition) is 5. The first-order chi connectivity index (χ1) is 21.6. The Morgan fingerprint density at radius 3 is 1.80 bits per heavy atom. The number of urea groups is 1. The highest BCUT2D eigenvalue weighted by Gasteiger charge is 2.41. The van der Waals surface area contributed by atoms with Gasteiger partial charge in [-0.3, -0.25) is 10.1 Å². The van der Waals surface area contributed by atoms with Gasteiger partial charge < -0.3 is 10.1 Å². The number of aromatic nitrogens is 3. The Morgan fingerprint density at radius 1 is 0.818 bits per heavy atom. The van der Waals surface area contributed by atoms with Gasteiger partial charge in [-0.1, -0.05) is 121 Å². The number of carbonyl (C=O) groups is 2. The SMILES string of the molecule is COc1nn(C(c2ccccc2)(c2ccccc2)c2ccccc2)c2cc(NC(=O)NC(C)c3ccccc3)nc(C=O)c12. The maximum atomic E-state index is 13.1. The minimum absolute atomic E-state index is 0.0973. The highest BCUT2D eigenvalue weighted by Crippen LogP contribution is 2.44. The van der Waals surface area contributed by atoms with Gasteiger partial charge in [-0.05, 0) is 29.2 Å². The molecule has 0 aliphatic heterocycles. The molecule has 218 valence electrons. The molecule has 2 heterocycles. The first kappa shape index (κ1) is 28.4. The molecular weight excluding hydrogens is 550 g/mol. The lowest BCUT2D eigenvalue weighted by Gasteiger charge is -2.36. The predicted molar refractivity (Wildman–Crippen MR) is 171 cm³/mol. The van der Waals surface area contributed by atoms with E-state index in [0.29, 0.717) is 17.2 Å². The van der Waals surface area contributed by atoms with Crippen LogP contribution in [-0.2, 0) is 5.54 Å². The van der Waals surface area contributed by atoms with Crippen molar-refractivity contribution in [2.75, 3.05) is 12.4 Å². The molecule has 6 rings (SSSR count). The minimum atomic E-state index is -0.984. The van der Waals surface area contributed by atoms with Crippen molar-refractivity contribution in [3.63, 3.8) is 0 Å². The third-order valence-corrected chi connectivity index (χ3v) is 7.75. The summed E-state index contributed by atoms with van der Waals surface area (Å²) >= 11 is 0. The second-order valence-electron chi connectivity index (χ2n) is 10.4. The molecule has 0 fully saturated rings. The van der Waals surface area contributed by atoms with Crippen LogP contribution in [0, 0.1) is 0 Å². The topological polar surface area (TPSA) is 98.1 Å². The lowest BCUT2D eigenvalue weighted by atomic mass is 9.77. The number of fused-ring (bicyclic) bond motifs is 1. The molecule has 0 spiro atoms. The van der Waals surface area contributed by atoms with Crippen molar-refractivity contribution in [1.29, 1.82) is 0 Å². The fourth-order valence-corrected chi connectivity index (χ4v) is 5.76. The summed E-state index contributed by atoms with van der Waals surface area (Å²) in [7, 11) is 1.51. The molecule has 4 aromatic carbocycles. The summed E-state index contributed by atoms with van der Waals surface area (Å²) in [5.74, 6) is 0.444. The summed E-state index contributed by atoms with van der Waals surface area (Å²) in [5, 5.41) is 11.2. The van der Waals surface area contributed by atoms with Gasteiger partial charge in [0.2, 0.25) is 5.88 Å². The molecule has 6 aromatic rings. The molecule has 2 aromatic heterocycles. The number of hydrogen-bond donors (Lipinski definition) is 2. The van der Waals surface area contributed by atoms with Crippen molar-refractivity contribution < 1.29 is 14.3 Å². The van der Waals surface area contributed by atoms with Gasteiger partial charge in [-0.25, -0.2) is 14.5 Å². The van der Waals surface area contributed by atoms with Crippen LogP contribution in [0.4, 0.5) is 10.6 Å². The van der Waals surface area contributed by atoms with Gasteiger partial charge in [0, 0.05) is 6.07 Å². The molecule has 0 saturated heterocycles. The summed E-state index contributed by atoms with van der Waals surface area (Å²) in [6.07, 6.45) is 0.655. The third-order valence-electron chi connectivity index (χ3n) is 7.75. The maximum Gasteiger partial charge on any atom is 0.320 e. The second kappa shape index (κ2) is 12.2. The smallest absolute Gasteiger partial charge is 0.320 e. The zero-order chi connectivity index (χ0) is 30.5. The van der Waals surface area contributed by atoms with Gasteiger partial charge >= 0.3 is 6.03 Å². The average Bonchev–Trinajstić information content (AvgIpc) is 3.45. The number of nitrogens with one attached hydrogen (secondary N) is 2. The van der Waals surface area contributed by atoms with Crippen LogP contribution in [0.2, 0.25) is 0 Å². The number of benzene rings is 4. The Kier molecular flexibility index (Phi) is 7.88. The number of carbonyl (C=O) groups excluding carboxylic acids is 2. The number of nitrogens with zero attached hydrogens (tertiary/aromatic N) is 3. The number of aldehydes is 1. The molecule has 1 atom stereocenters. The highest BCUT2D eigenvalue weighted by molar-refractivity contribution is 6.01. The molecule has 0 aliphatic carbocycles. The highest BCUT2D eigenvalue weighted by atomic mass is 16.5. The van der Waals surface area contributed by atoms with E-state index in [1.807, 2.05) is 96.5 Å². The van der Waals surface area contributed by atoms with E-state index in [1.165, 1.54) is 7.11 Å². The van der Waals surface area contributed by atoms with Crippen LogP contribution >= 0.6 is 0 Å². The standard InChI is InChI=1S/C36H31N5O3/c1-25(26-15-7-3-8-16-26)37-35(43)39-32-23-31-33(30(24-42)38-32)34(44-2)40-41(31)36(27-17-9-4-10-18-27,28-19-11-5-12-20-28)29-21-13-6-14-22-29/h3-25H,1-2H3,(H2,37,38,39,43). The quantitative estimate of drug-likeness (QED) is 0.142. The minimum Gasteiger partial charge on any atom is -0.479 e. The van der Waals surface area contributed by atoms with Crippen LogP contribution in [0.3, 0.4) is 0 Å². The van der Waals surface area contributed by atoms with Gasteiger partial charge in [0.05, 0.1) is 24.1 Å². The molecule has 0 bridgehead atoms. The molecule has 0 radical (unpaired) electrons. The third kappa shape index (κ3) is 5.07. The van der Waals surface area contributed by atoms with Crippen molar-refractivity contribution in [3.8, 4) is 5.88 Å². The van der Waals surface area contributed by atoms with Crippen molar-refractivity contribution in [2.24, 2.45) is 0 Å². The Hall–Kier alpha value is -5.76. The van der Waals surface area contributed by atoms with Gasteiger partial charge in [-0.2, -0.15) is 0 Å². The summed E-state index contributed by atoms with van der Waals surface area (Å²) in [6.45, 7) is 1.90. The van der Waals surface area contributed by atoms with Crippen molar-refractivity contribution >= 4 is 29.0 Å². The van der Waals surface area contributed by atoms with E-state index in [0.717, 1.165) is 22.3 Å². The Labute approximate surface area is 255 Å². The number of pyridine rings is 1. The summed E-state index contributed by atoms with van der Waals surface area (Å²) in [4.78, 5) is 30.1. The molecule has 2 N–H and O–H groups in total. The van der Waals surface area contributed by atoms with Crippen LogP contribution in [0.15, 0.2) is 127 Å². The summed E-state index contributed by atoms with van der Waals surface area (Å²) in [5.41, 5.74) is 3.46. The first-order valence-electron chi connectivity index (χ1n) is 14.3. The number of methoxy groups -OCH3 is 1. The fraction of sp³-hybridized carbons (Fsp3) is 0.111. The molecule has 44 heavy (non-hydrogen) atoms. The van der Waals surface area contributed by atoms with Crippen LogP contribution in [0.1, 0.15) is 45.7 Å². The van der Waals surface area contributed by atoms with Crippen LogP contribution in [0.25, 0.3) is 10.9 Å². The predicted octanol–water partition coefficient (Wildman–Crippen LogP) is 6.98. The molecule has 1 unspecified atom stereocenters. The van der Waals surface area contributed by atoms with Crippen molar-refractivity contribution in [3.05, 3.63) is 155 Å². The monoisotopic (exact) mass is 581 g/mol. The molecule has 0 saturated carbocycles. The van der Waals surface area contributed by atoms with E-state index in [1.54, 1.807) is 6.07 Å². The van der Waals surface area contributed by atoms with Crippen LogP contribution in [0.5, 0.6) is 5.88 Å². The molecule has 0 aliphatic rings. The van der Waals surface area contributed by atoms with Gasteiger partial charge in [0.1, 0.15) is 17.1 Å². The van der Waals surface area contributed by atoms with Crippen molar-refractivity contribution in [1.82, 2.24) is 20.1 Å². The Morgan fingerprint density at radius 2 is 1.32 bits per heavy atom.